The van der Waals surface area contributed by atoms with E-state index in [1.165, 1.54) is 11.8 Å². The van der Waals surface area contributed by atoms with Crippen LogP contribution in [-0.2, 0) is 20.0 Å². The second kappa shape index (κ2) is 13.4. The number of halogens is 1. The van der Waals surface area contributed by atoms with E-state index in [0.29, 0.717) is 23.2 Å². The lowest BCUT2D eigenvalue weighted by atomic mass is 10.0. The average molecular weight is 521 g/mol. The summed E-state index contributed by atoms with van der Waals surface area (Å²) in [5, 5.41) is 11.5. The molecule has 1 aromatic carbocycles. The second-order valence-electron chi connectivity index (χ2n) is 9.33. The van der Waals surface area contributed by atoms with Gasteiger partial charge in [0.15, 0.2) is 5.82 Å². The van der Waals surface area contributed by atoms with Crippen molar-refractivity contribution in [2.75, 3.05) is 32.5 Å². The summed E-state index contributed by atoms with van der Waals surface area (Å²) in [7, 11) is 5.69. The standard InChI is InChI=1S/C25H28FN7.C2H7N.C2H6/c1-5-33-11-10-20-17(14-33)7-9-22(28-20)29-25-27-13-19(26)23(30-25)16-6-8-21-18(12-16)24(15(2)3)32(4)31-21;1-3-2;1-2/h6-9,12-13,15H,5,10-11,14H2,1-4H3,(H,27,28,29,30);3H,1-2H3;1-2H3. The summed E-state index contributed by atoms with van der Waals surface area (Å²) >= 11 is 0. The minimum Gasteiger partial charge on any atom is -0.323 e. The Balaban J connectivity index is 0.000000748. The molecule has 0 saturated heterocycles. The molecule has 0 amide bonds. The van der Waals surface area contributed by atoms with Gasteiger partial charge in [0.2, 0.25) is 5.95 Å². The number of nitrogens with zero attached hydrogens (tertiary/aromatic N) is 6. The van der Waals surface area contributed by atoms with Crippen molar-refractivity contribution in [1.82, 2.24) is 34.9 Å². The molecule has 3 aromatic heterocycles. The van der Waals surface area contributed by atoms with Crippen molar-refractivity contribution >= 4 is 22.7 Å². The number of aromatic nitrogens is 5. The van der Waals surface area contributed by atoms with Gasteiger partial charge in [0, 0.05) is 48.9 Å². The first kappa shape index (κ1) is 29.1. The summed E-state index contributed by atoms with van der Waals surface area (Å²) in [6.45, 7) is 13.4. The lowest BCUT2D eigenvalue weighted by Gasteiger charge is -2.27. The van der Waals surface area contributed by atoms with Crippen LogP contribution >= 0.6 is 0 Å². The number of hydrogen-bond donors (Lipinski definition) is 2. The quantitative estimate of drug-likeness (QED) is 0.351. The Labute approximate surface area is 225 Å². The molecule has 1 aliphatic rings. The smallest absolute Gasteiger partial charge is 0.229 e. The van der Waals surface area contributed by atoms with Crippen LogP contribution in [0.2, 0.25) is 0 Å². The highest BCUT2D eigenvalue weighted by molar-refractivity contribution is 5.86. The number of likely N-dealkylation sites (N-methyl/N-ethyl adjacent to an activating group) is 1. The molecule has 38 heavy (non-hydrogen) atoms. The first-order valence-corrected chi connectivity index (χ1v) is 13.4. The SMILES string of the molecule is CC.CCN1CCc2nc(Nc3ncc(F)c(-c4ccc5nn(C)c(C(C)C)c5c4)n3)ccc2C1.CNC. The van der Waals surface area contributed by atoms with Crippen LogP contribution in [0.25, 0.3) is 22.2 Å². The van der Waals surface area contributed by atoms with Gasteiger partial charge in [-0.2, -0.15) is 5.10 Å². The van der Waals surface area contributed by atoms with Crippen LogP contribution in [0.5, 0.6) is 0 Å². The van der Waals surface area contributed by atoms with E-state index >= 15 is 0 Å². The van der Waals surface area contributed by atoms with Crippen molar-refractivity contribution in [3.63, 3.8) is 0 Å². The van der Waals surface area contributed by atoms with E-state index in [9.17, 15) is 4.39 Å². The zero-order valence-corrected chi connectivity index (χ0v) is 23.9. The molecule has 0 radical (unpaired) electrons. The van der Waals surface area contributed by atoms with E-state index < -0.39 is 5.82 Å². The van der Waals surface area contributed by atoms with E-state index in [-0.39, 0.29) is 5.69 Å². The van der Waals surface area contributed by atoms with Crippen molar-refractivity contribution in [2.24, 2.45) is 7.05 Å². The van der Waals surface area contributed by atoms with E-state index in [0.717, 1.165) is 48.3 Å². The molecule has 0 atom stereocenters. The molecule has 8 nitrogen and oxygen atoms in total. The third kappa shape index (κ3) is 6.52. The maximum absolute atomic E-state index is 14.8. The highest BCUT2D eigenvalue weighted by Crippen LogP contribution is 2.30. The van der Waals surface area contributed by atoms with Crippen LogP contribution in [0.1, 0.15) is 57.5 Å². The molecule has 0 unspecified atom stereocenters. The molecule has 0 saturated carbocycles. The molecule has 204 valence electrons. The third-order valence-electron chi connectivity index (χ3n) is 6.26. The Morgan fingerprint density at radius 2 is 1.82 bits per heavy atom. The molecule has 4 aromatic rings. The van der Waals surface area contributed by atoms with E-state index in [1.807, 2.05) is 63.9 Å². The molecular formula is C29H41FN8. The summed E-state index contributed by atoms with van der Waals surface area (Å²) < 4.78 is 16.7. The molecule has 0 aliphatic carbocycles. The molecule has 1 aliphatic heterocycles. The third-order valence-corrected chi connectivity index (χ3v) is 6.26. The van der Waals surface area contributed by atoms with Crippen LogP contribution in [0.3, 0.4) is 0 Å². The molecule has 0 spiro atoms. The van der Waals surface area contributed by atoms with Crippen molar-refractivity contribution in [2.45, 2.75) is 53.5 Å². The Kier molecular flexibility index (Phi) is 10.3. The van der Waals surface area contributed by atoms with Gasteiger partial charge in [0.1, 0.15) is 11.5 Å². The second-order valence-corrected chi connectivity index (χ2v) is 9.33. The van der Waals surface area contributed by atoms with Crippen molar-refractivity contribution in [1.29, 1.82) is 0 Å². The zero-order chi connectivity index (χ0) is 27.8. The topological polar surface area (TPSA) is 83.8 Å². The van der Waals surface area contributed by atoms with Gasteiger partial charge >= 0.3 is 0 Å². The maximum Gasteiger partial charge on any atom is 0.229 e. The fourth-order valence-corrected chi connectivity index (χ4v) is 4.61. The monoisotopic (exact) mass is 520 g/mol. The number of pyridine rings is 1. The maximum atomic E-state index is 14.8. The summed E-state index contributed by atoms with van der Waals surface area (Å²) in [4.78, 5) is 15.8. The molecule has 2 N–H and O–H groups in total. The molecule has 4 heterocycles. The zero-order valence-electron chi connectivity index (χ0n) is 23.9. The molecule has 0 bridgehead atoms. The van der Waals surface area contributed by atoms with E-state index in [4.69, 9.17) is 4.98 Å². The lowest BCUT2D eigenvalue weighted by molar-refractivity contribution is 0.266. The number of benzene rings is 1. The minimum atomic E-state index is -0.465. The van der Waals surface area contributed by atoms with Gasteiger partial charge in [-0.25, -0.2) is 19.3 Å². The number of nitrogens with one attached hydrogen (secondary N) is 2. The Morgan fingerprint density at radius 1 is 1.08 bits per heavy atom. The summed E-state index contributed by atoms with van der Waals surface area (Å²) in [6, 6.07) is 9.76. The molecule has 0 fully saturated rings. The van der Waals surface area contributed by atoms with Gasteiger partial charge < -0.3 is 10.6 Å². The number of anilines is 2. The Hall–Kier alpha value is -3.43. The molecular weight excluding hydrogens is 479 g/mol. The fourth-order valence-electron chi connectivity index (χ4n) is 4.61. The Morgan fingerprint density at radius 3 is 2.50 bits per heavy atom. The predicted molar refractivity (Wildman–Crippen MR) is 154 cm³/mol. The summed E-state index contributed by atoms with van der Waals surface area (Å²) in [5.41, 5.74) is 5.29. The van der Waals surface area contributed by atoms with Crippen LogP contribution in [0.15, 0.2) is 36.5 Å². The first-order valence-electron chi connectivity index (χ1n) is 13.4. The van der Waals surface area contributed by atoms with Gasteiger partial charge in [0.05, 0.1) is 11.7 Å². The first-order chi connectivity index (χ1) is 18.3. The van der Waals surface area contributed by atoms with Crippen molar-refractivity contribution in [3.8, 4) is 11.3 Å². The van der Waals surface area contributed by atoms with Gasteiger partial charge in [-0.3, -0.25) is 9.58 Å². The summed E-state index contributed by atoms with van der Waals surface area (Å²) in [5.74, 6) is 0.816. The average Bonchev–Trinajstić information content (AvgIpc) is 3.26. The van der Waals surface area contributed by atoms with Gasteiger partial charge in [-0.1, -0.05) is 46.8 Å². The Bertz CT molecular complexity index is 1350. The van der Waals surface area contributed by atoms with Crippen LogP contribution in [0.4, 0.5) is 16.2 Å². The minimum absolute atomic E-state index is 0.254. The van der Waals surface area contributed by atoms with Crippen molar-refractivity contribution in [3.05, 3.63) is 59.3 Å². The normalized spacial score (nSPS) is 12.9. The summed E-state index contributed by atoms with van der Waals surface area (Å²) in [6.07, 6.45) is 2.12. The fraction of sp³-hybridized carbons (Fsp3) is 0.448. The molecule has 9 heteroatoms. The number of fused-ring (bicyclic) bond motifs is 2. The van der Waals surface area contributed by atoms with Crippen LogP contribution in [-0.4, -0.2) is 56.8 Å². The largest absolute Gasteiger partial charge is 0.323 e. The number of hydrogen-bond acceptors (Lipinski definition) is 7. The number of aryl methyl sites for hydroxylation is 1. The van der Waals surface area contributed by atoms with Crippen LogP contribution in [0, 0.1) is 5.82 Å². The molecule has 5 rings (SSSR count). The number of rotatable bonds is 5. The van der Waals surface area contributed by atoms with E-state index in [1.54, 1.807) is 0 Å². The van der Waals surface area contributed by atoms with Crippen molar-refractivity contribution < 1.29 is 4.39 Å². The lowest BCUT2D eigenvalue weighted by Crippen LogP contribution is -2.30. The highest BCUT2D eigenvalue weighted by Gasteiger charge is 2.18. The van der Waals surface area contributed by atoms with Gasteiger partial charge in [0.25, 0.3) is 0 Å². The van der Waals surface area contributed by atoms with E-state index in [2.05, 4.69) is 57.4 Å². The highest BCUT2D eigenvalue weighted by atomic mass is 19.1. The van der Waals surface area contributed by atoms with Gasteiger partial charge in [-0.15, -0.1) is 0 Å². The predicted octanol–water partition coefficient (Wildman–Crippen LogP) is 5.67. The van der Waals surface area contributed by atoms with Gasteiger partial charge in [-0.05, 0) is 50.3 Å². The van der Waals surface area contributed by atoms with Crippen LogP contribution < -0.4 is 10.6 Å².